The lowest BCUT2D eigenvalue weighted by Gasteiger charge is -2.08. The van der Waals surface area contributed by atoms with Crippen LogP contribution in [0.4, 0.5) is 0 Å². The monoisotopic (exact) mass is 197 g/mol. The van der Waals surface area contributed by atoms with E-state index in [-0.39, 0.29) is 0 Å². The number of halogens is 1. The van der Waals surface area contributed by atoms with Crippen LogP contribution < -0.4 is 4.74 Å². The molecule has 1 aliphatic rings. The topological polar surface area (TPSA) is 22.1 Å². The van der Waals surface area contributed by atoms with E-state index in [1.54, 1.807) is 0 Å². The van der Waals surface area contributed by atoms with Crippen LogP contribution in [0.3, 0.4) is 0 Å². The number of nitrogens with zero attached hydrogens (tertiary/aromatic N) is 1. The molecule has 0 atom stereocenters. The first-order valence-corrected chi connectivity index (χ1v) is 5.02. The van der Waals surface area contributed by atoms with Crippen LogP contribution in [0.5, 0.6) is 5.75 Å². The van der Waals surface area contributed by atoms with Gasteiger partial charge in [-0.2, -0.15) is 0 Å². The normalized spacial score (nSPS) is 15.8. The van der Waals surface area contributed by atoms with E-state index in [1.165, 1.54) is 0 Å². The molecule has 0 bridgehead atoms. The SMILES string of the molecule is Cc1ccc(OC2CC2)c(CCl)n1. The van der Waals surface area contributed by atoms with Gasteiger partial charge in [0.2, 0.25) is 0 Å². The molecule has 1 aromatic heterocycles. The van der Waals surface area contributed by atoms with Gasteiger partial charge in [0.1, 0.15) is 5.75 Å². The summed E-state index contributed by atoms with van der Waals surface area (Å²) in [7, 11) is 0. The fourth-order valence-corrected chi connectivity index (χ4v) is 1.36. The van der Waals surface area contributed by atoms with Gasteiger partial charge in [0, 0.05) is 5.69 Å². The summed E-state index contributed by atoms with van der Waals surface area (Å²) >= 11 is 5.77. The first kappa shape index (κ1) is 8.82. The summed E-state index contributed by atoms with van der Waals surface area (Å²) in [5, 5.41) is 0. The van der Waals surface area contributed by atoms with Crippen molar-refractivity contribution >= 4 is 11.6 Å². The van der Waals surface area contributed by atoms with Crippen molar-refractivity contribution in [1.29, 1.82) is 0 Å². The van der Waals surface area contributed by atoms with Crippen molar-refractivity contribution in [1.82, 2.24) is 4.98 Å². The number of hydrogen-bond acceptors (Lipinski definition) is 2. The number of hydrogen-bond donors (Lipinski definition) is 0. The molecule has 1 aliphatic carbocycles. The highest BCUT2D eigenvalue weighted by Gasteiger charge is 2.24. The largest absolute Gasteiger partial charge is 0.488 e. The minimum absolute atomic E-state index is 0.409. The molecule has 0 spiro atoms. The molecule has 1 heterocycles. The zero-order chi connectivity index (χ0) is 9.26. The Hall–Kier alpha value is -0.760. The van der Waals surface area contributed by atoms with E-state index in [9.17, 15) is 0 Å². The predicted octanol–water partition coefficient (Wildman–Crippen LogP) is 2.67. The maximum atomic E-state index is 5.77. The molecule has 0 radical (unpaired) electrons. The van der Waals surface area contributed by atoms with E-state index >= 15 is 0 Å². The van der Waals surface area contributed by atoms with Crippen molar-refractivity contribution in [3.05, 3.63) is 23.5 Å². The van der Waals surface area contributed by atoms with Crippen molar-refractivity contribution in [2.75, 3.05) is 0 Å². The van der Waals surface area contributed by atoms with Gasteiger partial charge in [-0.1, -0.05) is 0 Å². The Morgan fingerprint density at radius 1 is 1.54 bits per heavy atom. The van der Waals surface area contributed by atoms with Crippen molar-refractivity contribution in [3.63, 3.8) is 0 Å². The summed E-state index contributed by atoms with van der Waals surface area (Å²) < 4.78 is 5.66. The van der Waals surface area contributed by atoms with Crippen molar-refractivity contribution in [2.24, 2.45) is 0 Å². The van der Waals surface area contributed by atoms with E-state index in [0.29, 0.717) is 12.0 Å². The minimum atomic E-state index is 0.409. The van der Waals surface area contributed by atoms with Gasteiger partial charge in [-0.25, -0.2) is 0 Å². The molecule has 0 aliphatic heterocycles. The standard InChI is InChI=1S/C10H12ClNO/c1-7-2-5-10(9(6-11)12-7)13-8-3-4-8/h2,5,8H,3-4,6H2,1H3. The third-order valence-electron chi connectivity index (χ3n) is 2.02. The average molecular weight is 198 g/mol. The maximum absolute atomic E-state index is 5.77. The molecule has 2 nitrogen and oxygen atoms in total. The van der Waals surface area contributed by atoms with E-state index in [2.05, 4.69) is 4.98 Å². The molecular weight excluding hydrogens is 186 g/mol. The van der Waals surface area contributed by atoms with E-state index < -0.39 is 0 Å². The Morgan fingerprint density at radius 3 is 2.92 bits per heavy atom. The second-order valence-corrected chi connectivity index (χ2v) is 3.62. The van der Waals surface area contributed by atoms with Gasteiger partial charge < -0.3 is 4.74 Å². The number of ether oxygens (including phenoxy) is 1. The zero-order valence-electron chi connectivity index (χ0n) is 7.59. The molecule has 2 rings (SSSR count). The molecule has 0 aromatic carbocycles. The van der Waals surface area contributed by atoms with E-state index in [4.69, 9.17) is 16.3 Å². The fraction of sp³-hybridized carbons (Fsp3) is 0.500. The van der Waals surface area contributed by atoms with Crippen LogP contribution in [0.1, 0.15) is 24.2 Å². The summed E-state index contributed by atoms with van der Waals surface area (Å²) in [4.78, 5) is 4.32. The van der Waals surface area contributed by atoms with Crippen LogP contribution >= 0.6 is 11.6 Å². The van der Waals surface area contributed by atoms with Gasteiger partial charge in [0.05, 0.1) is 17.7 Å². The number of rotatable bonds is 3. The Morgan fingerprint density at radius 2 is 2.31 bits per heavy atom. The second-order valence-electron chi connectivity index (χ2n) is 3.35. The minimum Gasteiger partial charge on any atom is -0.488 e. The second kappa shape index (κ2) is 3.54. The first-order valence-electron chi connectivity index (χ1n) is 4.49. The quantitative estimate of drug-likeness (QED) is 0.696. The summed E-state index contributed by atoms with van der Waals surface area (Å²) in [6, 6.07) is 3.91. The lowest BCUT2D eigenvalue weighted by atomic mass is 10.3. The summed E-state index contributed by atoms with van der Waals surface area (Å²) in [5.74, 6) is 1.27. The fourth-order valence-electron chi connectivity index (χ4n) is 1.17. The number of pyridine rings is 1. The molecule has 1 aromatic rings. The number of alkyl halides is 1. The molecule has 0 unspecified atom stereocenters. The van der Waals surface area contributed by atoms with Gasteiger partial charge in [-0.3, -0.25) is 4.98 Å². The number of aromatic nitrogens is 1. The third kappa shape index (κ3) is 2.13. The van der Waals surface area contributed by atoms with Gasteiger partial charge in [-0.15, -0.1) is 11.6 Å². The molecule has 1 fully saturated rings. The van der Waals surface area contributed by atoms with Crippen LogP contribution in [0, 0.1) is 6.92 Å². The molecule has 0 N–H and O–H groups in total. The maximum Gasteiger partial charge on any atom is 0.142 e. The smallest absolute Gasteiger partial charge is 0.142 e. The summed E-state index contributed by atoms with van der Waals surface area (Å²) in [6.45, 7) is 1.96. The van der Waals surface area contributed by atoms with E-state index in [0.717, 1.165) is 30.0 Å². The Kier molecular flexibility index (Phi) is 2.40. The Labute approximate surface area is 82.9 Å². The highest BCUT2D eigenvalue weighted by Crippen LogP contribution is 2.29. The van der Waals surface area contributed by atoms with Crippen LogP contribution in [-0.2, 0) is 5.88 Å². The van der Waals surface area contributed by atoms with Crippen LogP contribution in [0.25, 0.3) is 0 Å². The van der Waals surface area contributed by atoms with Gasteiger partial charge in [0.25, 0.3) is 0 Å². The molecule has 70 valence electrons. The molecule has 0 amide bonds. The Bertz CT molecular complexity index is 310. The lowest BCUT2D eigenvalue weighted by molar-refractivity contribution is 0.299. The molecule has 13 heavy (non-hydrogen) atoms. The Balaban J connectivity index is 2.21. The van der Waals surface area contributed by atoms with Crippen LogP contribution in [-0.4, -0.2) is 11.1 Å². The summed E-state index contributed by atoms with van der Waals surface area (Å²) in [6.07, 6.45) is 2.73. The third-order valence-corrected chi connectivity index (χ3v) is 2.27. The van der Waals surface area contributed by atoms with Crippen LogP contribution in [0.15, 0.2) is 12.1 Å². The highest BCUT2D eigenvalue weighted by atomic mass is 35.5. The van der Waals surface area contributed by atoms with Crippen molar-refractivity contribution < 1.29 is 4.74 Å². The van der Waals surface area contributed by atoms with Crippen LogP contribution in [0.2, 0.25) is 0 Å². The molecule has 3 heteroatoms. The van der Waals surface area contributed by atoms with Gasteiger partial charge in [0.15, 0.2) is 0 Å². The van der Waals surface area contributed by atoms with Crippen molar-refractivity contribution in [2.45, 2.75) is 31.7 Å². The van der Waals surface area contributed by atoms with Crippen molar-refractivity contribution in [3.8, 4) is 5.75 Å². The summed E-state index contributed by atoms with van der Waals surface area (Å²) in [5.41, 5.74) is 1.84. The van der Waals surface area contributed by atoms with E-state index in [1.807, 2.05) is 19.1 Å². The first-order chi connectivity index (χ1) is 6.29. The average Bonchev–Trinajstić information content (AvgIpc) is 2.92. The lowest BCUT2D eigenvalue weighted by Crippen LogP contribution is -2.01. The zero-order valence-corrected chi connectivity index (χ0v) is 8.34. The molecule has 0 saturated heterocycles. The van der Waals surface area contributed by atoms with Gasteiger partial charge >= 0.3 is 0 Å². The highest BCUT2D eigenvalue weighted by molar-refractivity contribution is 6.17. The molecule has 1 saturated carbocycles. The van der Waals surface area contributed by atoms with Gasteiger partial charge in [-0.05, 0) is 31.9 Å². The number of aryl methyl sites for hydroxylation is 1. The predicted molar refractivity (Wildman–Crippen MR) is 52.2 cm³/mol. The molecular formula is C10H12ClNO.